The maximum atomic E-state index is 8.58. The number of thiophene rings is 3. The van der Waals surface area contributed by atoms with Gasteiger partial charge in [0, 0.05) is 118 Å². The number of fused-ring (bicyclic) bond motifs is 19. The van der Waals surface area contributed by atoms with Crippen molar-refractivity contribution >= 4 is 337 Å². The number of nitrogens with two attached hydrogens (primary N) is 1. The molecule has 22 aromatic carbocycles. The number of hydrogen-bond acceptors (Lipinski definition) is 10. The second-order valence-electron chi connectivity index (χ2n) is 33.5. The van der Waals surface area contributed by atoms with E-state index in [1.165, 1.54) is 142 Å². The molecule has 5 N–H and O–H groups in total. The highest BCUT2D eigenvalue weighted by Gasteiger charge is 2.24. The minimum atomic E-state index is -1.34. The number of rotatable bonds is 9. The van der Waals surface area contributed by atoms with Gasteiger partial charge in [0.1, 0.15) is 16.7 Å². The summed E-state index contributed by atoms with van der Waals surface area (Å²) in [6.45, 7) is 0. The standard InChI is InChI=1S/C40H25NOS.C28H19NS.C16H11Br.C12H7BrO.C12H9NS.C10H6Br2.C6H7BO2.2CH3I.CH4/c1-2-10-26(11-3-1)27-20-21-29-25-30(23-22-28(29)24-27)41(34-15-9-19-38-39(34)33-13-5-7-18-37(33)43-38)35-16-8-14-32-31-12-4-6-17-36(31)42-40(32)35;1-2-7-19(8-3-1)20-13-14-22-18-23(16-15-21(22)17-20)29-25-10-6-12-27-28(25)24-9-4-5-11-26(24)30-27;17-16-9-8-14-10-13(6-7-15(14)11-16)12-4-2-1-3-5-12;13-10-6-3-5-9-8-4-1-2-7-11(8)14-12(9)10;13-9-5-3-7-11-12(9)8-4-1-2-6-10(8)14-11;11-9-3-1-7-5-10(12)4-2-8(7)6-9;8-7(9)6-4-2-1-3-5-6;2*1-2;/h1-25H;1-18,29H;1-11H;1-7H;1-7H,13H2;1-6H;1-5,8-9H;2*1H3;1H4. The molecule has 0 aliphatic heterocycles. The van der Waals surface area contributed by atoms with Crippen LogP contribution >= 0.6 is 143 Å². The molecule has 0 saturated heterocycles. The molecule has 0 spiro atoms. The summed E-state index contributed by atoms with van der Waals surface area (Å²) >= 11 is 23.6. The molecule has 5 aromatic heterocycles. The van der Waals surface area contributed by atoms with Crippen LogP contribution in [-0.2, 0) is 0 Å². The highest BCUT2D eigenvalue weighted by Crippen LogP contribution is 2.50. The molecule has 7 nitrogen and oxygen atoms in total. The fourth-order valence-corrected chi connectivity index (χ4v) is 22.9. The van der Waals surface area contributed by atoms with E-state index in [0.717, 1.165) is 90.5 Å². The van der Waals surface area contributed by atoms with Crippen molar-refractivity contribution in [2.24, 2.45) is 0 Å². The average molecular weight is 2410 g/mol. The van der Waals surface area contributed by atoms with Crippen LogP contribution in [0.4, 0.5) is 34.1 Å². The number of hydrogen-bond donors (Lipinski definition) is 4. The van der Waals surface area contributed by atoms with Gasteiger partial charge in [-0.1, -0.05) is 422 Å². The molecule has 0 saturated carbocycles. The molecule has 27 rings (SSSR count). The molecule has 0 atom stereocenters. The van der Waals surface area contributed by atoms with E-state index in [-0.39, 0.29) is 7.43 Å². The Bertz CT molecular complexity index is 9120. The van der Waals surface area contributed by atoms with E-state index < -0.39 is 7.12 Å². The quantitative estimate of drug-likeness (QED) is 0.0493. The zero-order valence-corrected chi connectivity index (χ0v) is 90.5. The van der Waals surface area contributed by atoms with Gasteiger partial charge in [-0.05, 0) is 265 Å². The number of halogens is 6. The average Bonchev–Trinajstić information content (AvgIpc) is 1.56. The van der Waals surface area contributed by atoms with E-state index in [9.17, 15) is 0 Å². The van der Waals surface area contributed by atoms with Gasteiger partial charge in [0.25, 0.3) is 0 Å². The van der Waals surface area contributed by atoms with E-state index in [4.69, 9.17) is 24.6 Å². The van der Waals surface area contributed by atoms with Crippen LogP contribution in [0, 0.1) is 0 Å². The Morgan fingerprint density at radius 2 is 0.618 bits per heavy atom. The van der Waals surface area contributed by atoms with Gasteiger partial charge >= 0.3 is 7.12 Å². The van der Waals surface area contributed by atoms with Crippen molar-refractivity contribution in [3.05, 3.63) is 497 Å². The minimum Gasteiger partial charge on any atom is -0.455 e. The summed E-state index contributed by atoms with van der Waals surface area (Å²) in [7, 11) is -1.34. The van der Waals surface area contributed by atoms with Crippen molar-refractivity contribution in [2.45, 2.75) is 7.43 Å². The Hall–Kier alpha value is -13.1. The second kappa shape index (κ2) is 47.6. The van der Waals surface area contributed by atoms with Crippen LogP contribution in [0.25, 0.3) is 181 Å². The van der Waals surface area contributed by atoms with E-state index >= 15 is 0 Å². The summed E-state index contributed by atoms with van der Waals surface area (Å²) in [5, 5.41) is 43.0. The zero-order valence-electron chi connectivity index (χ0n) is 77.4. The number of anilines is 6. The molecule has 27 aromatic rings. The summed E-state index contributed by atoms with van der Waals surface area (Å²) in [6.07, 6.45) is 0. The Balaban J connectivity index is 0.000000118. The molecule has 704 valence electrons. The third-order valence-electron chi connectivity index (χ3n) is 24.6. The van der Waals surface area contributed by atoms with E-state index in [2.05, 4.69) is 513 Å². The van der Waals surface area contributed by atoms with Gasteiger partial charge in [-0.25, -0.2) is 0 Å². The predicted octanol–water partition coefficient (Wildman–Crippen LogP) is 40.6. The molecule has 17 heteroatoms. The lowest BCUT2D eigenvalue weighted by atomic mass is 9.81. The van der Waals surface area contributed by atoms with Gasteiger partial charge in [-0.3, -0.25) is 0 Å². The van der Waals surface area contributed by atoms with Gasteiger partial charge in [-0.2, -0.15) is 0 Å². The first kappa shape index (κ1) is 101. The smallest absolute Gasteiger partial charge is 0.455 e. The van der Waals surface area contributed by atoms with E-state index in [1.807, 2.05) is 93.2 Å². The topological polar surface area (TPSA) is 108 Å². The third kappa shape index (κ3) is 22.8. The largest absolute Gasteiger partial charge is 0.488 e. The summed E-state index contributed by atoms with van der Waals surface area (Å²) in [5.74, 6) is 0. The van der Waals surface area contributed by atoms with Crippen LogP contribution in [0.5, 0.6) is 0 Å². The van der Waals surface area contributed by atoms with Crippen molar-refractivity contribution in [3.63, 3.8) is 0 Å². The van der Waals surface area contributed by atoms with Crippen LogP contribution in [0.3, 0.4) is 0 Å². The number of alkyl halides is 2. The monoisotopic (exact) mass is 2400 g/mol. The first-order valence-corrected chi connectivity index (χ1v) is 56.2. The molecule has 144 heavy (non-hydrogen) atoms. The highest BCUT2D eigenvalue weighted by atomic mass is 127. The summed E-state index contributed by atoms with van der Waals surface area (Å²) < 4.78 is 24.5. The normalized spacial score (nSPS) is 10.8. The number of nitrogens with one attached hydrogen (secondary N) is 1. The van der Waals surface area contributed by atoms with Gasteiger partial charge in [0.2, 0.25) is 0 Å². The summed E-state index contributed by atoms with van der Waals surface area (Å²) in [5.41, 5.74) is 24.0. The molecular formula is C127H94BBr4I2N3O4S3. The van der Waals surface area contributed by atoms with Crippen LogP contribution in [0.2, 0.25) is 0 Å². The van der Waals surface area contributed by atoms with Crippen LogP contribution in [0.15, 0.2) is 506 Å². The number of para-hydroxylation sites is 4. The SMILES string of the molecule is Brc1ccc2cc(-c3ccccc3)ccc2c1.Brc1ccc2cc(Br)ccc2c1.Brc1cccc2c1oc1ccccc12.C.CI.CI.Nc1cccc2sc3ccccc3c12.OB(O)c1ccccc1.c1ccc(-c2ccc3cc(N(c4cccc5c4oc4ccccc45)c4cccc5sc6ccccc6c45)ccc3c2)cc1.c1ccc(-c2ccc3cc(Nc4cccc5sc6ccccc6c45)ccc3c2)cc1. The summed E-state index contributed by atoms with van der Waals surface area (Å²) in [4.78, 5) is 6.33. The Morgan fingerprint density at radius 1 is 0.278 bits per heavy atom. The summed E-state index contributed by atoms with van der Waals surface area (Å²) in [6, 6.07) is 166. The molecule has 0 aliphatic rings. The molecule has 0 unspecified atom stereocenters. The Labute approximate surface area is 909 Å². The number of furan rings is 2. The first-order valence-electron chi connectivity index (χ1n) is 46.2. The Morgan fingerprint density at radius 3 is 1.11 bits per heavy atom. The second-order valence-corrected chi connectivity index (χ2v) is 40.4. The van der Waals surface area contributed by atoms with Crippen molar-refractivity contribution in [1.82, 2.24) is 0 Å². The van der Waals surface area contributed by atoms with Gasteiger partial charge in [0.05, 0.1) is 15.8 Å². The fourth-order valence-electron chi connectivity index (χ4n) is 18.0. The molecule has 0 amide bonds. The molecule has 0 radical (unpaired) electrons. The number of benzene rings is 22. The van der Waals surface area contributed by atoms with Crippen LogP contribution in [0.1, 0.15) is 7.43 Å². The molecule has 0 fully saturated rings. The zero-order chi connectivity index (χ0) is 98.2. The number of nitrogen functional groups attached to an aromatic ring is 1. The van der Waals surface area contributed by atoms with Crippen molar-refractivity contribution in [2.75, 3.05) is 25.8 Å². The van der Waals surface area contributed by atoms with Crippen LogP contribution < -0.4 is 21.4 Å². The maximum absolute atomic E-state index is 8.58. The first-order chi connectivity index (χ1) is 70.3. The van der Waals surface area contributed by atoms with Gasteiger partial charge < -0.3 is 34.8 Å². The molecule has 5 heterocycles. The molecule has 0 aliphatic carbocycles. The highest BCUT2D eigenvalue weighted by molar-refractivity contribution is 14.1. The van der Waals surface area contributed by atoms with Crippen LogP contribution in [-0.4, -0.2) is 27.0 Å². The van der Waals surface area contributed by atoms with Crippen molar-refractivity contribution < 1.29 is 18.9 Å². The van der Waals surface area contributed by atoms with Crippen molar-refractivity contribution in [3.8, 4) is 33.4 Å². The minimum absolute atomic E-state index is 0. The predicted molar refractivity (Wildman–Crippen MR) is 661 cm³/mol. The van der Waals surface area contributed by atoms with Crippen molar-refractivity contribution in [1.29, 1.82) is 0 Å². The van der Waals surface area contributed by atoms with E-state index in [1.54, 1.807) is 35.6 Å². The molecule has 0 bridgehead atoms. The molecular weight excluding hydrogens is 2310 g/mol. The lowest BCUT2D eigenvalue weighted by Crippen LogP contribution is -2.29. The maximum Gasteiger partial charge on any atom is 0.488 e. The van der Waals surface area contributed by atoms with Gasteiger partial charge in [0.15, 0.2) is 5.58 Å². The third-order valence-corrected chi connectivity index (χ3v) is 30.1. The lowest BCUT2D eigenvalue weighted by Gasteiger charge is -2.27. The fraction of sp³-hybridized carbons (Fsp3) is 0.0236. The van der Waals surface area contributed by atoms with Gasteiger partial charge in [-0.15, -0.1) is 34.0 Å². The Kier molecular flexibility index (Phi) is 33.4. The van der Waals surface area contributed by atoms with E-state index in [0.29, 0.717) is 5.46 Å². The lowest BCUT2D eigenvalue weighted by molar-refractivity contribution is 0.426. The number of nitrogens with zero attached hydrogens (tertiary/aromatic N) is 1.